The zero-order valence-electron chi connectivity index (χ0n) is 16.8. The largest absolute Gasteiger partial charge is 0.294 e. The molecule has 1 aromatic heterocycles. The van der Waals surface area contributed by atoms with Gasteiger partial charge >= 0.3 is 0 Å². The summed E-state index contributed by atoms with van der Waals surface area (Å²) in [5.41, 5.74) is 4.77. The number of allylic oxidation sites excluding steroid dienone is 2. The van der Waals surface area contributed by atoms with Crippen LogP contribution in [-0.4, -0.2) is 23.4 Å². The number of fused-ring (bicyclic) bond motifs is 5. The first-order chi connectivity index (χ1) is 14.3. The summed E-state index contributed by atoms with van der Waals surface area (Å²) in [6, 6.07) is 10.6. The zero-order chi connectivity index (χ0) is 21.3. The Hall–Kier alpha value is -2.25. The lowest BCUT2D eigenvalue weighted by atomic mass is 9.71. The number of carbonyl (C=O) groups is 1. The van der Waals surface area contributed by atoms with Crippen molar-refractivity contribution < 1.29 is 13.2 Å². The maximum Gasteiger partial charge on any atom is 0.282 e. The Morgan fingerprint density at radius 3 is 2.60 bits per heavy atom. The van der Waals surface area contributed by atoms with Gasteiger partial charge < -0.3 is 0 Å². The van der Waals surface area contributed by atoms with E-state index in [0.717, 1.165) is 51.0 Å². The van der Waals surface area contributed by atoms with Crippen molar-refractivity contribution in [2.24, 2.45) is 5.41 Å². The standard InChI is InChI=1S/C23H21BrN2O3S/c1-3-23-11-10-20(27)22(24)21(23)16-8-9-19-18(17(16)12-23)13-26(25-19)30(28,29)15-6-4-14(2)5-7-15/h4-9,13H,3,10-12H2,1-2H3. The minimum atomic E-state index is -3.77. The Balaban J connectivity index is 1.70. The van der Waals surface area contributed by atoms with Gasteiger partial charge in [-0.3, -0.25) is 4.79 Å². The zero-order valence-corrected chi connectivity index (χ0v) is 19.2. The van der Waals surface area contributed by atoms with Crippen LogP contribution in [0.25, 0.3) is 16.5 Å². The molecule has 0 bridgehead atoms. The number of nitrogens with zero attached hydrogens (tertiary/aromatic N) is 2. The molecule has 0 saturated heterocycles. The topological polar surface area (TPSA) is 69.0 Å². The molecule has 2 aliphatic carbocycles. The summed E-state index contributed by atoms with van der Waals surface area (Å²) in [5.74, 6) is 0.139. The molecule has 0 amide bonds. The minimum Gasteiger partial charge on any atom is -0.294 e. The van der Waals surface area contributed by atoms with E-state index in [1.807, 2.05) is 19.1 Å². The molecule has 0 radical (unpaired) electrons. The highest BCUT2D eigenvalue weighted by Gasteiger charge is 2.46. The van der Waals surface area contributed by atoms with Crippen LogP contribution >= 0.6 is 15.9 Å². The number of ketones is 1. The lowest BCUT2D eigenvalue weighted by molar-refractivity contribution is -0.115. The monoisotopic (exact) mass is 484 g/mol. The van der Waals surface area contributed by atoms with E-state index in [2.05, 4.69) is 28.0 Å². The number of aromatic nitrogens is 2. The van der Waals surface area contributed by atoms with Crippen LogP contribution in [0.3, 0.4) is 0 Å². The van der Waals surface area contributed by atoms with Gasteiger partial charge in [-0.2, -0.15) is 17.6 Å². The summed E-state index contributed by atoms with van der Waals surface area (Å²) in [4.78, 5) is 12.6. The van der Waals surface area contributed by atoms with E-state index < -0.39 is 10.0 Å². The number of carbonyl (C=O) groups excluding carboxylic acids is 1. The lowest BCUT2D eigenvalue weighted by Gasteiger charge is -2.34. The van der Waals surface area contributed by atoms with Crippen LogP contribution in [0, 0.1) is 12.3 Å². The molecule has 2 aliphatic rings. The molecule has 0 spiro atoms. The van der Waals surface area contributed by atoms with Crippen LogP contribution in [0.15, 0.2) is 52.0 Å². The first kappa shape index (κ1) is 19.7. The van der Waals surface area contributed by atoms with Crippen molar-refractivity contribution >= 4 is 48.2 Å². The van der Waals surface area contributed by atoms with E-state index in [0.29, 0.717) is 16.4 Å². The first-order valence-electron chi connectivity index (χ1n) is 10.0. The number of halogens is 1. The fourth-order valence-electron chi connectivity index (χ4n) is 4.85. The quantitative estimate of drug-likeness (QED) is 0.524. The first-order valence-corrected chi connectivity index (χ1v) is 12.3. The smallest absolute Gasteiger partial charge is 0.282 e. The van der Waals surface area contributed by atoms with Crippen LogP contribution in [0.5, 0.6) is 0 Å². The van der Waals surface area contributed by atoms with Crippen molar-refractivity contribution in [3.63, 3.8) is 0 Å². The molecule has 0 aliphatic heterocycles. The average Bonchev–Trinajstić information content (AvgIpc) is 3.31. The lowest BCUT2D eigenvalue weighted by Crippen LogP contribution is -2.26. The molecular formula is C23H21BrN2O3S. The summed E-state index contributed by atoms with van der Waals surface area (Å²) in [5, 5.41) is 5.23. The Morgan fingerprint density at radius 2 is 1.90 bits per heavy atom. The maximum atomic E-state index is 13.1. The average molecular weight is 485 g/mol. The molecule has 0 saturated carbocycles. The molecule has 5 nitrogen and oxygen atoms in total. The van der Waals surface area contributed by atoms with Crippen LogP contribution in [0.2, 0.25) is 0 Å². The van der Waals surface area contributed by atoms with E-state index in [4.69, 9.17) is 0 Å². The van der Waals surface area contributed by atoms with Gasteiger partial charge in [0.2, 0.25) is 0 Å². The molecule has 3 aromatic rings. The van der Waals surface area contributed by atoms with Gasteiger partial charge in [-0.1, -0.05) is 30.7 Å². The predicted molar refractivity (Wildman–Crippen MR) is 120 cm³/mol. The highest BCUT2D eigenvalue weighted by molar-refractivity contribution is 9.12. The molecule has 154 valence electrons. The van der Waals surface area contributed by atoms with Crippen LogP contribution in [0.4, 0.5) is 0 Å². The van der Waals surface area contributed by atoms with Gasteiger partial charge in [0.25, 0.3) is 10.0 Å². The highest BCUT2D eigenvalue weighted by Crippen LogP contribution is 2.57. The van der Waals surface area contributed by atoms with Gasteiger partial charge in [-0.05, 0) is 77.0 Å². The van der Waals surface area contributed by atoms with Crippen molar-refractivity contribution in [3.05, 3.63) is 63.8 Å². The number of Topliss-reactive ketones (excluding diaryl/α,β-unsaturated/α-hetero) is 1. The Kier molecular flexibility index (Phi) is 4.35. The summed E-state index contributed by atoms with van der Waals surface area (Å²) in [6.45, 7) is 4.08. The van der Waals surface area contributed by atoms with Gasteiger partial charge in [-0.25, -0.2) is 0 Å². The minimum absolute atomic E-state index is 0.0821. The second kappa shape index (κ2) is 6.62. The SMILES string of the molecule is CCC12CCC(=O)C(Br)=C1c1ccc3nn(S(=O)(=O)c4ccc(C)cc4)cc3c1C2. The normalized spacial score (nSPS) is 21.2. The Bertz CT molecular complexity index is 1350. The van der Waals surface area contributed by atoms with Crippen LogP contribution < -0.4 is 0 Å². The highest BCUT2D eigenvalue weighted by atomic mass is 79.9. The second-order valence-corrected chi connectivity index (χ2v) is 10.9. The Labute approximate surface area is 184 Å². The molecule has 7 heteroatoms. The van der Waals surface area contributed by atoms with Crippen LogP contribution in [-0.2, 0) is 21.2 Å². The number of aryl methyl sites for hydroxylation is 1. The second-order valence-electron chi connectivity index (χ2n) is 8.27. The van der Waals surface area contributed by atoms with Crippen molar-refractivity contribution in [2.75, 3.05) is 0 Å². The number of benzene rings is 2. The summed E-state index contributed by atoms with van der Waals surface area (Å²) >= 11 is 3.56. The molecule has 2 aromatic carbocycles. The molecule has 1 unspecified atom stereocenters. The summed E-state index contributed by atoms with van der Waals surface area (Å²) in [6.07, 6.45) is 4.70. The molecule has 0 N–H and O–H groups in total. The number of rotatable bonds is 3. The number of hydrogen-bond acceptors (Lipinski definition) is 4. The molecule has 30 heavy (non-hydrogen) atoms. The van der Waals surface area contributed by atoms with Gasteiger partial charge in [0.15, 0.2) is 5.78 Å². The summed E-state index contributed by atoms with van der Waals surface area (Å²) < 4.78 is 28.0. The van der Waals surface area contributed by atoms with Crippen molar-refractivity contribution in [2.45, 2.75) is 44.4 Å². The molecular weight excluding hydrogens is 464 g/mol. The summed E-state index contributed by atoms with van der Waals surface area (Å²) in [7, 11) is -3.77. The predicted octanol–water partition coefficient (Wildman–Crippen LogP) is 5.00. The van der Waals surface area contributed by atoms with E-state index in [9.17, 15) is 13.2 Å². The molecule has 1 atom stereocenters. The van der Waals surface area contributed by atoms with Gasteiger partial charge in [0.05, 0.1) is 21.1 Å². The van der Waals surface area contributed by atoms with E-state index >= 15 is 0 Å². The van der Waals surface area contributed by atoms with Crippen LogP contribution in [0.1, 0.15) is 42.9 Å². The molecule has 5 rings (SSSR count). The van der Waals surface area contributed by atoms with Gasteiger partial charge in [-0.15, -0.1) is 0 Å². The van der Waals surface area contributed by atoms with E-state index in [1.165, 1.54) is 0 Å². The van der Waals surface area contributed by atoms with E-state index in [-0.39, 0.29) is 16.1 Å². The molecule has 0 fully saturated rings. The van der Waals surface area contributed by atoms with Gasteiger partial charge in [0.1, 0.15) is 0 Å². The van der Waals surface area contributed by atoms with Crippen molar-refractivity contribution in [1.82, 2.24) is 9.19 Å². The van der Waals surface area contributed by atoms with Crippen molar-refractivity contribution in [1.29, 1.82) is 0 Å². The molecule has 1 heterocycles. The van der Waals surface area contributed by atoms with Gasteiger partial charge in [0, 0.05) is 17.2 Å². The van der Waals surface area contributed by atoms with E-state index in [1.54, 1.807) is 30.5 Å². The fraction of sp³-hybridized carbons (Fsp3) is 0.304. The Morgan fingerprint density at radius 1 is 1.17 bits per heavy atom. The maximum absolute atomic E-state index is 13.1. The fourth-order valence-corrected chi connectivity index (χ4v) is 6.82. The third-order valence-electron chi connectivity index (χ3n) is 6.63. The van der Waals surface area contributed by atoms with Crippen molar-refractivity contribution in [3.8, 4) is 0 Å². The third kappa shape index (κ3) is 2.68. The number of hydrogen-bond donors (Lipinski definition) is 0. The third-order valence-corrected chi connectivity index (χ3v) is 9.02.